The largest absolute Gasteiger partial charge is 0.480 e. The Morgan fingerprint density at radius 2 is 1.52 bits per heavy atom. The first-order valence-corrected chi connectivity index (χ1v) is 15.9. The first-order chi connectivity index (χ1) is 20.8. The summed E-state index contributed by atoms with van der Waals surface area (Å²) in [6.45, 7) is 11.9. The minimum absolute atomic E-state index is 0.0741. The van der Waals surface area contributed by atoms with Crippen LogP contribution in [0.4, 0.5) is 4.79 Å². The van der Waals surface area contributed by atoms with Crippen LogP contribution in [0.25, 0.3) is 44.2 Å². The van der Waals surface area contributed by atoms with E-state index in [0.717, 1.165) is 49.8 Å². The summed E-state index contributed by atoms with van der Waals surface area (Å²) in [5, 5.41) is 14.2. The molecule has 7 heteroatoms. The summed E-state index contributed by atoms with van der Waals surface area (Å²) in [5.41, 5.74) is 7.74. The zero-order chi connectivity index (χ0) is 31.6. The maximum atomic E-state index is 12.1. The van der Waals surface area contributed by atoms with E-state index < -0.39 is 23.7 Å². The number of aliphatic carboxylic acids is 1. The third-order valence-electron chi connectivity index (χ3n) is 7.35. The van der Waals surface area contributed by atoms with Gasteiger partial charge in [-0.05, 0) is 66.1 Å². The molecule has 0 spiro atoms. The number of benzene rings is 4. The molecule has 0 fully saturated rings. The van der Waals surface area contributed by atoms with Crippen molar-refractivity contribution in [3.8, 4) is 22.3 Å². The maximum absolute atomic E-state index is 12.1. The topological polar surface area (TPSA) is 88.8 Å². The van der Waals surface area contributed by atoms with E-state index in [1.165, 1.54) is 17.3 Å². The number of alkyl carbamates (subject to hydrolysis) is 1. The number of furan rings is 1. The average molecular weight is 610 g/mol. The van der Waals surface area contributed by atoms with Crippen LogP contribution in [0, 0.1) is 0 Å². The van der Waals surface area contributed by atoms with Crippen molar-refractivity contribution in [2.75, 3.05) is 5.75 Å². The molecule has 0 aliphatic rings. The summed E-state index contributed by atoms with van der Waals surface area (Å²) in [4.78, 5) is 23.8. The van der Waals surface area contributed by atoms with Crippen LogP contribution in [-0.4, -0.2) is 34.6 Å². The average Bonchev–Trinajstić information content (AvgIpc) is 3.34. The minimum atomic E-state index is -1.09. The van der Waals surface area contributed by atoms with Gasteiger partial charge in [0.05, 0.1) is 0 Å². The summed E-state index contributed by atoms with van der Waals surface area (Å²) in [6, 6.07) is 28.5. The van der Waals surface area contributed by atoms with E-state index in [1.54, 1.807) is 20.8 Å². The lowest BCUT2D eigenvalue weighted by atomic mass is 9.80. The van der Waals surface area contributed by atoms with Gasteiger partial charge in [-0.25, -0.2) is 9.59 Å². The summed E-state index contributed by atoms with van der Waals surface area (Å²) >= 11 is 1.45. The van der Waals surface area contributed by atoms with Gasteiger partial charge in [0.15, 0.2) is 0 Å². The number of thioether (sulfide) groups is 1. The van der Waals surface area contributed by atoms with Gasteiger partial charge in [-0.1, -0.05) is 93.6 Å². The summed E-state index contributed by atoms with van der Waals surface area (Å²) < 4.78 is 11.6. The van der Waals surface area contributed by atoms with Crippen LogP contribution in [0.2, 0.25) is 0 Å². The molecular weight excluding hydrogens is 570 g/mol. The van der Waals surface area contributed by atoms with Crippen LogP contribution >= 0.6 is 11.8 Å². The van der Waals surface area contributed by atoms with E-state index in [9.17, 15) is 14.7 Å². The number of hydrogen-bond donors (Lipinski definition) is 2. The quantitative estimate of drug-likeness (QED) is 0.182. The second-order valence-corrected chi connectivity index (χ2v) is 14.1. The lowest BCUT2D eigenvalue weighted by molar-refractivity contribution is -0.138. The van der Waals surface area contributed by atoms with Gasteiger partial charge < -0.3 is 19.6 Å². The van der Waals surface area contributed by atoms with Crippen LogP contribution < -0.4 is 5.32 Å². The van der Waals surface area contributed by atoms with Crippen LogP contribution in [-0.2, 0) is 20.7 Å². The van der Waals surface area contributed by atoms with Crippen molar-refractivity contribution < 1.29 is 23.8 Å². The molecule has 1 unspecified atom stereocenters. The molecule has 0 saturated heterocycles. The van der Waals surface area contributed by atoms with E-state index in [-0.39, 0.29) is 11.2 Å². The number of para-hydroxylation sites is 2. The van der Waals surface area contributed by atoms with Crippen molar-refractivity contribution in [3.63, 3.8) is 0 Å². The van der Waals surface area contributed by atoms with Crippen molar-refractivity contribution in [1.29, 1.82) is 0 Å². The number of hydrogen-bond acceptors (Lipinski definition) is 5. The van der Waals surface area contributed by atoms with Crippen LogP contribution in [0.1, 0.15) is 52.7 Å². The molecule has 0 aliphatic carbocycles. The number of carbonyl (C=O) groups excluding carboxylic acids is 1. The van der Waals surface area contributed by atoms with Gasteiger partial charge in [-0.2, -0.15) is 11.8 Å². The van der Waals surface area contributed by atoms with Gasteiger partial charge in [0.25, 0.3) is 0 Å². The molecule has 228 valence electrons. The fraction of sp³-hybridized carbons (Fsp3) is 0.297. The SMILES string of the molecule is CC(C)(C)OC(=O)NC(CSCc1ccc(-c2ccc(C(C)(C)C)c(-c3cccc4c3oc3ccccc34)c2)cc1)C(=O)O. The number of fused-ring (bicyclic) bond motifs is 3. The number of carbonyl (C=O) groups is 2. The monoisotopic (exact) mass is 609 g/mol. The Balaban J connectivity index is 1.37. The molecule has 4 aromatic carbocycles. The summed E-state index contributed by atoms with van der Waals surface area (Å²) in [6.07, 6.45) is -0.733. The van der Waals surface area contributed by atoms with Gasteiger partial charge in [0, 0.05) is 27.8 Å². The molecule has 0 bridgehead atoms. The van der Waals surface area contributed by atoms with Crippen LogP contribution in [0.3, 0.4) is 0 Å². The Morgan fingerprint density at radius 3 is 2.20 bits per heavy atom. The molecule has 5 aromatic rings. The van der Waals surface area contributed by atoms with Gasteiger partial charge in [-0.15, -0.1) is 0 Å². The fourth-order valence-electron chi connectivity index (χ4n) is 5.27. The van der Waals surface area contributed by atoms with Gasteiger partial charge in [-0.3, -0.25) is 0 Å². The highest BCUT2D eigenvalue weighted by atomic mass is 32.2. The first kappa shape index (κ1) is 31.2. The molecule has 0 radical (unpaired) electrons. The first-order valence-electron chi connectivity index (χ1n) is 14.7. The van der Waals surface area contributed by atoms with Gasteiger partial charge in [0.2, 0.25) is 0 Å². The Labute approximate surface area is 262 Å². The second-order valence-electron chi connectivity index (χ2n) is 13.0. The Kier molecular flexibility index (Phi) is 8.80. The number of amides is 1. The van der Waals surface area contributed by atoms with Crippen molar-refractivity contribution in [3.05, 3.63) is 96.1 Å². The Morgan fingerprint density at radius 1 is 0.841 bits per heavy atom. The van der Waals surface area contributed by atoms with Crippen molar-refractivity contribution in [2.45, 2.75) is 64.4 Å². The van der Waals surface area contributed by atoms with Crippen LogP contribution in [0.5, 0.6) is 0 Å². The lowest BCUT2D eigenvalue weighted by Crippen LogP contribution is -2.44. The molecular formula is C37H39NO5S. The molecule has 0 aliphatic heterocycles. The summed E-state index contributed by atoms with van der Waals surface area (Å²) in [7, 11) is 0. The molecule has 0 saturated carbocycles. The highest BCUT2D eigenvalue weighted by Crippen LogP contribution is 2.41. The molecule has 1 aromatic heterocycles. The highest BCUT2D eigenvalue weighted by molar-refractivity contribution is 7.98. The third kappa shape index (κ3) is 7.11. The molecule has 1 atom stereocenters. The standard InChI is InChI=1S/C37H39NO5S/c1-36(2,3)30-19-18-25(20-29(30)28-12-9-11-27-26-10-7-8-13-32(26)42-33(27)28)24-16-14-23(15-17-24)21-44-22-31(34(39)40)38-35(41)43-37(4,5)6/h7-20,31H,21-22H2,1-6H3,(H,38,41)(H,39,40). The van der Waals surface area contributed by atoms with Gasteiger partial charge >= 0.3 is 12.1 Å². The number of ether oxygens (including phenoxy) is 1. The molecule has 2 N–H and O–H groups in total. The lowest BCUT2D eigenvalue weighted by Gasteiger charge is -2.24. The predicted octanol–water partition coefficient (Wildman–Crippen LogP) is 9.43. The van der Waals surface area contributed by atoms with E-state index in [0.29, 0.717) is 5.75 Å². The number of nitrogens with one attached hydrogen (secondary N) is 1. The molecule has 44 heavy (non-hydrogen) atoms. The smallest absolute Gasteiger partial charge is 0.408 e. The molecule has 5 rings (SSSR count). The minimum Gasteiger partial charge on any atom is -0.480 e. The number of rotatable bonds is 8. The maximum Gasteiger partial charge on any atom is 0.408 e. The van der Waals surface area contributed by atoms with E-state index in [4.69, 9.17) is 9.15 Å². The van der Waals surface area contributed by atoms with E-state index in [2.05, 4.69) is 92.8 Å². The zero-order valence-electron chi connectivity index (χ0n) is 26.1. The van der Waals surface area contributed by atoms with E-state index in [1.807, 2.05) is 18.2 Å². The van der Waals surface area contributed by atoms with Crippen LogP contribution in [0.15, 0.2) is 89.3 Å². The fourth-order valence-corrected chi connectivity index (χ4v) is 6.28. The predicted molar refractivity (Wildman–Crippen MR) is 180 cm³/mol. The summed E-state index contributed by atoms with van der Waals surface area (Å²) in [5.74, 6) is -0.254. The molecule has 1 heterocycles. The Bertz CT molecular complexity index is 1810. The van der Waals surface area contributed by atoms with E-state index >= 15 is 0 Å². The molecule has 6 nitrogen and oxygen atoms in total. The second kappa shape index (κ2) is 12.4. The molecule has 1 amide bonds. The van der Waals surface area contributed by atoms with Crippen molar-refractivity contribution >= 4 is 45.8 Å². The Hall–Kier alpha value is -4.23. The normalized spacial score (nSPS) is 12.8. The van der Waals surface area contributed by atoms with Gasteiger partial charge in [0.1, 0.15) is 22.8 Å². The highest BCUT2D eigenvalue weighted by Gasteiger charge is 2.24. The third-order valence-corrected chi connectivity index (χ3v) is 8.46. The zero-order valence-corrected chi connectivity index (χ0v) is 26.9. The number of carboxylic acid groups (broad SMARTS) is 1. The van der Waals surface area contributed by atoms with Crippen molar-refractivity contribution in [2.24, 2.45) is 0 Å². The van der Waals surface area contributed by atoms with Crippen molar-refractivity contribution in [1.82, 2.24) is 5.32 Å². The number of carboxylic acids is 1.